The number of benzene rings is 1. The molecule has 3 nitrogen and oxygen atoms in total. The molecule has 0 spiro atoms. The summed E-state index contributed by atoms with van der Waals surface area (Å²) in [4.78, 5) is 0. The second-order valence-electron chi connectivity index (χ2n) is 5.42. The van der Waals surface area contributed by atoms with Crippen LogP contribution in [-0.4, -0.2) is 25.4 Å². The average Bonchev–Trinajstić information content (AvgIpc) is 2.36. The molecule has 0 radical (unpaired) electrons. The molecule has 2 N–H and O–H groups in total. The van der Waals surface area contributed by atoms with Crippen LogP contribution in [0.15, 0.2) is 24.3 Å². The van der Waals surface area contributed by atoms with Crippen molar-refractivity contribution in [2.45, 2.75) is 44.9 Å². The third-order valence-corrected chi connectivity index (χ3v) is 3.48. The van der Waals surface area contributed by atoms with Crippen molar-refractivity contribution < 1.29 is 9.47 Å². The highest BCUT2D eigenvalue weighted by Crippen LogP contribution is 2.23. The molecule has 0 amide bonds. The third kappa shape index (κ3) is 5.49. The van der Waals surface area contributed by atoms with Gasteiger partial charge in [0, 0.05) is 18.2 Å². The van der Waals surface area contributed by atoms with E-state index in [1.54, 1.807) is 7.11 Å². The minimum atomic E-state index is -0.178. The highest BCUT2D eigenvalue weighted by atomic mass is 35.5. The summed E-state index contributed by atoms with van der Waals surface area (Å²) in [5, 5.41) is 0.715. The van der Waals surface area contributed by atoms with Gasteiger partial charge >= 0.3 is 0 Å². The van der Waals surface area contributed by atoms with Crippen molar-refractivity contribution in [1.29, 1.82) is 0 Å². The molecule has 0 aliphatic rings. The highest BCUT2D eigenvalue weighted by molar-refractivity contribution is 6.30. The summed E-state index contributed by atoms with van der Waals surface area (Å²) >= 11 is 5.89. The van der Waals surface area contributed by atoms with E-state index >= 15 is 0 Å². The molecule has 0 aromatic heterocycles. The van der Waals surface area contributed by atoms with E-state index in [9.17, 15) is 0 Å². The molecule has 2 unspecified atom stereocenters. The topological polar surface area (TPSA) is 44.5 Å². The van der Waals surface area contributed by atoms with Gasteiger partial charge in [0.1, 0.15) is 0 Å². The molecule has 0 saturated heterocycles. The lowest BCUT2D eigenvalue weighted by atomic mass is 10.0. The van der Waals surface area contributed by atoms with Gasteiger partial charge in [-0.15, -0.1) is 0 Å². The van der Waals surface area contributed by atoms with Crippen molar-refractivity contribution in [2.75, 3.05) is 13.7 Å². The molecule has 19 heavy (non-hydrogen) atoms. The minimum Gasteiger partial charge on any atom is -0.379 e. The summed E-state index contributed by atoms with van der Waals surface area (Å²) in [6.45, 7) is 6.63. The van der Waals surface area contributed by atoms with E-state index in [0.717, 1.165) is 12.0 Å². The van der Waals surface area contributed by atoms with E-state index in [0.29, 0.717) is 11.6 Å². The van der Waals surface area contributed by atoms with Crippen LogP contribution in [0.25, 0.3) is 0 Å². The molecule has 0 aliphatic carbocycles. The zero-order valence-electron chi connectivity index (χ0n) is 12.2. The fourth-order valence-corrected chi connectivity index (χ4v) is 1.86. The monoisotopic (exact) mass is 285 g/mol. The molecule has 4 heteroatoms. The second kappa shape index (κ2) is 7.25. The first-order chi connectivity index (χ1) is 8.85. The van der Waals surface area contributed by atoms with E-state index in [-0.39, 0.29) is 17.7 Å². The highest BCUT2D eigenvalue weighted by Gasteiger charge is 2.20. The fourth-order valence-electron chi connectivity index (χ4n) is 1.74. The van der Waals surface area contributed by atoms with Gasteiger partial charge in [-0.3, -0.25) is 0 Å². The van der Waals surface area contributed by atoms with Crippen molar-refractivity contribution >= 4 is 11.6 Å². The zero-order valence-corrected chi connectivity index (χ0v) is 12.9. The average molecular weight is 286 g/mol. The largest absolute Gasteiger partial charge is 0.379 e. The number of rotatable bonds is 7. The Balaban J connectivity index is 2.62. The molecule has 1 rings (SSSR count). The lowest BCUT2D eigenvalue weighted by Crippen LogP contribution is -2.30. The standard InChI is InChI=1S/C15H24ClNO2/c1-11(17)14(12-5-7-13(16)8-6-12)19-10-9-15(2,3)18-4/h5-8,11,14H,9-10,17H2,1-4H3. The van der Waals surface area contributed by atoms with E-state index in [2.05, 4.69) is 0 Å². The predicted octanol–water partition coefficient (Wildman–Crippen LogP) is 3.56. The molecule has 0 heterocycles. The minimum absolute atomic E-state index is 0.0770. The summed E-state index contributed by atoms with van der Waals surface area (Å²) in [5.74, 6) is 0. The molecule has 108 valence electrons. The summed E-state index contributed by atoms with van der Waals surface area (Å²) in [6, 6.07) is 7.55. The maximum absolute atomic E-state index is 6.00. The SMILES string of the molecule is COC(C)(C)CCOC(c1ccc(Cl)cc1)C(C)N. The van der Waals surface area contributed by atoms with Crippen molar-refractivity contribution in [3.63, 3.8) is 0 Å². The Morgan fingerprint density at radius 1 is 1.26 bits per heavy atom. The lowest BCUT2D eigenvalue weighted by molar-refractivity contribution is -0.0317. The smallest absolute Gasteiger partial charge is 0.0972 e. The van der Waals surface area contributed by atoms with Crippen LogP contribution in [0.5, 0.6) is 0 Å². The van der Waals surface area contributed by atoms with Crippen LogP contribution < -0.4 is 5.73 Å². The molecule has 0 bridgehead atoms. The molecule has 0 saturated carbocycles. The van der Waals surface area contributed by atoms with E-state index in [4.69, 9.17) is 26.8 Å². The predicted molar refractivity (Wildman–Crippen MR) is 79.5 cm³/mol. The van der Waals surface area contributed by atoms with Crippen molar-refractivity contribution in [1.82, 2.24) is 0 Å². The molecular formula is C15H24ClNO2. The third-order valence-electron chi connectivity index (χ3n) is 3.23. The molecular weight excluding hydrogens is 262 g/mol. The van der Waals surface area contributed by atoms with E-state index in [1.165, 1.54) is 0 Å². The van der Waals surface area contributed by atoms with Crippen LogP contribution >= 0.6 is 11.6 Å². The molecule has 1 aromatic carbocycles. The summed E-state index contributed by atoms with van der Waals surface area (Å²) < 4.78 is 11.3. The van der Waals surface area contributed by atoms with Crippen molar-refractivity contribution in [2.24, 2.45) is 5.73 Å². The Bertz CT molecular complexity index is 376. The molecule has 1 aromatic rings. The summed E-state index contributed by atoms with van der Waals surface area (Å²) in [5.41, 5.74) is 6.87. The second-order valence-corrected chi connectivity index (χ2v) is 5.85. The first-order valence-corrected chi connectivity index (χ1v) is 6.91. The van der Waals surface area contributed by atoms with E-state index < -0.39 is 0 Å². The van der Waals surface area contributed by atoms with E-state index in [1.807, 2.05) is 45.0 Å². The van der Waals surface area contributed by atoms with Gasteiger partial charge in [0.15, 0.2) is 0 Å². The fraction of sp³-hybridized carbons (Fsp3) is 0.600. The van der Waals surface area contributed by atoms with Gasteiger partial charge in [0.05, 0.1) is 18.3 Å². The maximum atomic E-state index is 6.00. The first-order valence-electron chi connectivity index (χ1n) is 6.53. The number of hydrogen-bond donors (Lipinski definition) is 1. The van der Waals surface area contributed by atoms with Crippen LogP contribution in [0.4, 0.5) is 0 Å². The first kappa shape index (κ1) is 16.4. The molecule has 0 fully saturated rings. The Labute approximate surface area is 121 Å². The zero-order chi connectivity index (χ0) is 14.5. The van der Waals surface area contributed by atoms with Gasteiger partial charge in [-0.25, -0.2) is 0 Å². The van der Waals surface area contributed by atoms with Gasteiger partial charge in [-0.2, -0.15) is 0 Å². The lowest BCUT2D eigenvalue weighted by Gasteiger charge is -2.26. The van der Waals surface area contributed by atoms with Gasteiger partial charge < -0.3 is 15.2 Å². The summed E-state index contributed by atoms with van der Waals surface area (Å²) in [6.07, 6.45) is 0.699. The van der Waals surface area contributed by atoms with Gasteiger partial charge in [-0.05, 0) is 44.9 Å². The number of hydrogen-bond acceptors (Lipinski definition) is 3. The maximum Gasteiger partial charge on any atom is 0.0972 e. The van der Waals surface area contributed by atoms with Gasteiger partial charge in [0.2, 0.25) is 0 Å². The number of ether oxygens (including phenoxy) is 2. The van der Waals surface area contributed by atoms with Crippen LogP contribution in [0.1, 0.15) is 38.9 Å². The molecule has 2 atom stereocenters. The number of methoxy groups -OCH3 is 1. The Morgan fingerprint density at radius 3 is 2.32 bits per heavy atom. The normalized spacial score (nSPS) is 15.3. The Hall–Kier alpha value is -0.610. The Morgan fingerprint density at radius 2 is 1.84 bits per heavy atom. The van der Waals surface area contributed by atoms with Crippen molar-refractivity contribution in [3.05, 3.63) is 34.9 Å². The van der Waals surface area contributed by atoms with Gasteiger partial charge in [0.25, 0.3) is 0 Å². The number of halogens is 1. The van der Waals surface area contributed by atoms with Crippen molar-refractivity contribution in [3.8, 4) is 0 Å². The Kier molecular flexibility index (Phi) is 6.27. The summed E-state index contributed by atoms with van der Waals surface area (Å²) in [7, 11) is 1.71. The van der Waals surface area contributed by atoms with Crippen LogP contribution in [0, 0.1) is 0 Å². The molecule has 0 aliphatic heterocycles. The van der Waals surface area contributed by atoms with Crippen LogP contribution in [0.2, 0.25) is 5.02 Å². The quantitative estimate of drug-likeness (QED) is 0.833. The van der Waals surface area contributed by atoms with Crippen LogP contribution in [0.3, 0.4) is 0 Å². The number of nitrogens with two attached hydrogens (primary N) is 1. The van der Waals surface area contributed by atoms with Gasteiger partial charge in [-0.1, -0.05) is 23.7 Å². The van der Waals surface area contributed by atoms with Crippen LogP contribution in [-0.2, 0) is 9.47 Å².